The molecule has 34 heavy (non-hydrogen) atoms. The minimum Gasteiger partial charge on any atom is -0.479 e. The van der Waals surface area contributed by atoms with Crippen LogP contribution in [0.25, 0.3) is 11.1 Å². The number of fused-ring (bicyclic) bond motifs is 3. The van der Waals surface area contributed by atoms with Gasteiger partial charge in [0.1, 0.15) is 6.61 Å². The van der Waals surface area contributed by atoms with Crippen LogP contribution in [0.2, 0.25) is 0 Å². The van der Waals surface area contributed by atoms with Gasteiger partial charge in [0, 0.05) is 38.0 Å². The fourth-order valence-corrected chi connectivity index (χ4v) is 4.73. The molecule has 2 aromatic rings. The van der Waals surface area contributed by atoms with Crippen LogP contribution >= 0.6 is 0 Å². The lowest BCUT2D eigenvalue weighted by Gasteiger charge is -2.17. The Labute approximate surface area is 198 Å². The minimum atomic E-state index is -1.00. The van der Waals surface area contributed by atoms with E-state index in [0.29, 0.717) is 19.6 Å². The predicted molar refractivity (Wildman–Crippen MR) is 125 cm³/mol. The first-order chi connectivity index (χ1) is 16.4. The molecule has 2 aromatic carbocycles. The molecule has 2 aliphatic rings. The van der Waals surface area contributed by atoms with E-state index in [9.17, 15) is 14.4 Å². The third kappa shape index (κ3) is 5.39. The maximum absolute atomic E-state index is 12.3. The van der Waals surface area contributed by atoms with E-state index in [4.69, 9.17) is 14.6 Å². The zero-order valence-electron chi connectivity index (χ0n) is 19.2. The van der Waals surface area contributed by atoms with Crippen LogP contribution in [0.5, 0.6) is 0 Å². The number of ether oxygens (including phenoxy) is 2. The SMILES string of the molecule is CC(CNC(=O)OCC1c2ccccc2-c2ccccc21)CC(=O)NC[C@H]1CCO[C@H]1C(=O)O. The Hall–Kier alpha value is -3.39. The monoisotopic (exact) mass is 466 g/mol. The van der Waals surface area contributed by atoms with Crippen molar-refractivity contribution >= 4 is 18.0 Å². The Bertz CT molecular complexity index is 1010. The van der Waals surface area contributed by atoms with Crippen molar-refractivity contribution in [2.75, 3.05) is 26.3 Å². The molecule has 1 unspecified atom stereocenters. The molecule has 1 aliphatic heterocycles. The third-order valence-electron chi connectivity index (χ3n) is 6.49. The highest BCUT2D eigenvalue weighted by Crippen LogP contribution is 2.44. The molecule has 3 atom stereocenters. The van der Waals surface area contributed by atoms with E-state index < -0.39 is 18.2 Å². The molecular formula is C26H30N2O6. The number of hydrogen-bond donors (Lipinski definition) is 3. The molecule has 4 rings (SSSR count). The molecule has 180 valence electrons. The van der Waals surface area contributed by atoms with Crippen molar-refractivity contribution in [3.8, 4) is 11.1 Å². The van der Waals surface area contributed by atoms with E-state index in [1.807, 2.05) is 31.2 Å². The topological polar surface area (TPSA) is 114 Å². The molecule has 3 N–H and O–H groups in total. The standard InChI is InChI=1S/C26H30N2O6/c1-16(12-23(29)27-14-17-10-11-33-24(17)25(30)31)13-28-26(32)34-15-22-20-8-4-2-6-18(20)19-7-3-5-9-21(19)22/h2-9,16-17,22,24H,10-15H2,1H3,(H,27,29)(H,28,32)(H,30,31)/t16?,17-,24-/m1/s1. The number of carbonyl (C=O) groups is 3. The zero-order valence-corrected chi connectivity index (χ0v) is 19.2. The molecule has 1 fully saturated rings. The first kappa shape index (κ1) is 23.8. The Morgan fingerprint density at radius 2 is 1.71 bits per heavy atom. The minimum absolute atomic E-state index is 0.00412. The lowest BCUT2D eigenvalue weighted by atomic mass is 9.98. The summed E-state index contributed by atoms with van der Waals surface area (Å²) in [4.78, 5) is 35.7. The van der Waals surface area contributed by atoms with Gasteiger partial charge in [-0.05, 0) is 34.6 Å². The van der Waals surface area contributed by atoms with Crippen molar-refractivity contribution in [3.63, 3.8) is 0 Å². The molecule has 1 aliphatic carbocycles. The van der Waals surface area contributed by atoms with Gasteiger partial charge in [-0.1, -0.05) is 55.5 Å². The molecule has 0 radical (unpaired) electrons. The molecule has 0 saturated carbocycles. The Morgan fingerprint density at radius 1 is 1.06 bits per heavy atom. The number of alkyl carbamates (subject to hydrolysis) is 1. The largest absolute Gasteiger partial charge is 0.479 e. The number of hydrogen-bond acceptors (Lipinski definition) is 5. The molecular weight excluding hydrogens is 436 g/mol. The average molecular weight is 467 g/mol. The number of amides is 2. The summed E-state index contributed by atoms with van der Waals surface area (Å²) in [5.41, 5.74) is 4.65. The van der Waals surface area contributed by atoms with Crippen LogP contribution in [-0.4, -0.2) is 55.5 Å². The number of carboxylic acid groups (broad SMARTS) is 1. The number of carbonyl (C=O) groups excluding carboxylic acids is 2. The third-order valence-corrected chi connectivity index (χ3v) is 6.49. The van der Waals surface area contributed by atoms with Crippen molar-refractivity contribution < 1.29 is 29.0 Å². The Kier molecular flexibility index (Phi) is 7.47. The normalized spacial score (nSPS) is 19.7. The molecule has 8 nitrogen and oxygen atoms in total. The summed E-state index contributed by atoms with van der Waals surface area (Å²) < 4.78 is 10.7. The van der Waals surface area contributed by atoms with E-state index in [1.54, 1.807) is 0 Å². The smallest absolute Gasteiger partial charge is 0.407 e. The summed E-state index contributed by atoms with van der Waals surface area (Å²) in [6, 6.07) is 16.3. The van der Waals surface area contributed by atoms with Crippen LogP contribution in [0.1, 0.15) is 36.8 Å². The van der Waals surface area contributed by atoms with Crippen molar-refractivity contribution in [2.24, 2.45) is 11.8 Å². The summed E-state index contributed by atoms with van der Waals surface area (Å²) in [6.07, 6.45) is -0.556. The van der Waals surface area contributed by atoms with Crippen LogP contribution < -0.4 is 10.6 Å². The van der Waals surface area contributed by atoms with E-state index in [1.165, 1.54) is 11.1 Å². The highest BCUT2D eigenvalue weighted by molar-refractivity contribution is 5.79. The fourth-order valence-electron chi connectivity index (χ4n) is 4.73. The molecule has 8 heteroatoms. The molecule has 1 heterocycles. The molecule has 1 saturated heterocycles. The van der Waals surface area contributed by atoms with Gasteiger partial charge in [0.2, 0.25) is 5.91 Å². The fraction of sp³-hybridized carbons (Fsp3) is 0.423. The van der Waals surface area contributed by atoms with Gasteiger partial charge in [-0.2, -0.15) is 0 Å². The van der Waals surface area contributed by atoms with Crippen LogP contribution in [0.4, 0.5) is 4.79 Å². The number of nitrogens with one attached hydrogen (secondary N) is 2. The second-order valence-electron chi connectivity index (χ2n) is 9.00. The van der Waals surface area contributed by atoms with Crippen LogP contribution in [0, 0.1) is 11.8 Å². The summed E-state index contributed by atoms with van der Waals surface area (Å²) in [6.45, 7) is 3.06. The summed E-state index contributed by atoms with van der Waals surface area (Å²) in [7, 11) is 0. The average Bonchev–Trinajstić information content (AvgIpc) is 3.43. The summed E-state index contributed by atoms with van der Waals surface area (Å²) in [5.74, 6) is -1.52. The number of aliphatic carboxylic acids is 1. The summed E-state index contributed by atoms with van der Waals surface area (Å²) in [5, 5.41) is 14.7. The van der Waals surface area contributed by atoms with Crippen molar-refractivity contribution in [3.05, 3.63) is 59.7 Å². The quantitative estimate of drug-likeness (QED) is 0.523. The van der Waals surface area contributed by atoms with E-state index in [0.717, 1.165) is 11.1 Å². The lowest BCUT2D eigenvalue weighted by molar-refractivity contribution is -0.149. The van der Waals surface area contributed by atoms with Crippen LogP contribution in [0.3, 0.4) is 0 Å². The molecule has 0 aromatic heterocycles. The van der Waals surface area contributed by atoms with Crippen molar-refractivity contribution in [1.29, 1.82) is 0 Å². The molecule has 0 bridgehead atoms. The van der Waals surface area contributed by atoms with Crippen LogP contribution in [0.15, 0.2) is 48.5 Å². The number of carboxylic acids is 1. The van der Waals surface area contributed by atoms with Crippen molar-refractivity contribution in [2.45, 2.75) is 31.8 Å². The molecule has 2 amide bonds. The van der Waals surface area contributed by atoms with Crippen molar-refractivity contribution in [1.82, 2.24) is 10.6 Å². The van der Waals surface area contributed by atoms with E-state index in [-0.39, 0.29) is 43.2 Å². The summed E-state index contributed by atoms with van der Waals surface area (Å²) >= 11 is 0. The van der Waals surface area contributed by atoms with Gasteiger partial charge in [-0.15, -0.1) is 0 Å². The van der Waals surface area contributed by atoms with Gasteiger partial charge in [0.05, 0.1) is 0 Å². The predicted octanol–water partition coefficient (Wildman–Crippen LogP) is 3.16. The van der Waals surface area contributed by atoms with E-state index in [2.05, 4.69) is 34.9 Å². The number of benzene rings is 2. The van der Waals surface area contributed by atoms with Gasteiger partial charge in [0.15, 0.2) is 6.10 Å². The Balaban J connectivity index is 1.19. The van der Waals surface area contributed by atoms with Gasteiger partial charge >= 0.3 is 12.1 Å². The number of rotatable bonds is 9. The Morgan fingerprint density at radius 3 is 2.35 bits per heavy atom. The van der Waals surface area contributed by atoms with Gasteiger partial charge in [-0.25, -0.2) is 9.59 Å². The highest BCUT2D eigenvalue weighted by atomic mass is 16.5. The molecule has 0 spiro atoms. The second-order valence-corrected chi connectivity index (χ2v) is 9.00. The van der Waals surface area contributed by atoms with E-state index >= 15 is 0 Å². The van der Waals surface area contributed by atoms with Gasteiger partial charge < -0.3 is 25.2 Å². The highest BCUT2D eigenvalue weighted by Gasteiger charge is 2.34. The van der Waals surface area contributed by atoms with Gasteiger partial charge in [0.25, 0.3) is 0 Å². The second kappa shape index (κ2) is 10.7. The maximum atomic E-state index is 12.3. The van der Waals surface area contributed by atoms with Gasteiger partial charge in [-0.3, -0.25) is 4.79 Å². The first-order valence-corrected chi connectivity index (χ1v) is 11.6. The maximum Gasteiger partial charge on any atom is 0.407 e. The van der Waals surface area contributed by atoms with Crippen LogP contribution in [-0.2, 0) is 19.1 Å². The zero-order chi connectivity index (χ0) is 24.1. The first-order valence-electron chi connectivity index (χ1n) is 11.6. The lowest BCUT2D eigenvalue weighted by Crippen LogP contribution is -2.37.